The molecule has 0 saturated heterocycles. The predicted molar refractivity (Wildman–Crippen MR) is 76.3 cm³/mol. The van der Waals surface area contributed by atoms with Gasteiger partial charge in [-0.15, -0.1) is 0 Å². The third kappa shape index (κ3) is 2.32. The maximum absolute atomic E-state index is 2.42. The summed E-state index contributed by atoms with van der Waals surface area (Å²) in [6.07, 6.45) is 12.3. The Morgan fingerprint density at radius 2 is 1.94 bits per heavy atom. The van der Waals surface area contributed by atoms with Gasteiger partial charge in [-0.1, -0.05) is 54.6 Å². The summed E-state index contributed by atoms with van der Waals surface area (Å²) in [5.74, 6) is 0.550. The molecule has 0 radical (unpaired) electrons. The predicted octanol–water partition coefficient (Wildman–Crippen LogP) is 3.34. The fraction of sp³-hybridized carbons (Fsp3) is 0.294. The van der Waals surface area contributed by atoms with Crippen molar-refractivity contribution in [3.63, 3.8) is 0 Å². The summed E-state index contributed by atoms with van der Waals surface area (Å²) in [6, 6.07) is 8.79. The molecule has 1 heteroatoms. The quantitative estimate of drug-likeness (QED) is 0.669. The van der Waals surface area contributed by atoms with Crippen LogP contribution in [0.4, 0.5) is 0 Å². The molecule has 0 bridgehead atoms. The van der Waals surface area contributed by atoms with E-state index in [1.165, 1.54) is 16.7 Å². The van der Waals surface area contributed by atoms with Crippen molar-refractivity contribution in [2.45, 2.75) is 13.0 Å². The second-order valence-electron chi connectivity index (χ2n) is 5.22. The lowest BCUT2D eigenvalue weighted by Crippen LogP contribution is -2.25. The van der Waals surface area contributed by atoms with Crippen molar-refractivity contribution in [3.05, 3.63) is 71.3 Å². The highest BCUT2D eigenvalue weighted by Crippen LogP contribution is 2.24. The summed E-state index contributed by atoms with van der Waals surface area (Å²) in [5.41, 5.74) is 4.38. The highest BCUT2D eigenvalue weighted by Gasteiger charge is 2.16. The monoisotopic (exact) mass is 237 g/mol. The molecule has 2 aliphatic rings. The molecular weight excluding hydrogens is 218 g/mol. The van der Waals surface area contributed by atoms with Crippen molar-refractivity contribution >= 4 is 0 Å². The standard InChI is InChI=1S/C17H19N/c1-18-12-16-8-4-2-6-14(16)10-11-15-7-3-5-9-17(15)13-18/h2-10,16H,11-13H2,1H3/b14-10-. The molecule has 92 valence electrons. The van der Waals surface area contributed by atoms with Crippen LogP contribution in [0.15, 0.2) is 60.2 Å². The van der Waals surface area contributed by atoms with E-state index in [0.717, 1.165) is 19.5 Å². The van der Waals surface area contributed by atoms with Crippen LogP contribution in [-0.2, 0) is 13.0 Å². The summed E-state index contributed by atoms with van der Waals surface area (Å²) >= 11 is 0. The highest BCUT2D eigenvalue weighted by atomic mass is 15.1. The number of hydrogen-bond acceptors (Lipinski definition) is 1. The highest BCUT2D eigenvalue weighted by molar-refractivity contribution is 5.37. The lowest BCUT2D eigenvalue weighted by atomic mass is 9.93. The van der Waals surface area contributed by atoms with Crippen LogP contribution < -0.4 is 0 Å². The van der Waals surface area contributed by atoms with Crippen molar-refractivity contribution in [1.82, 2.24) is 4.90 Å². The van der Waals surface area contributed by atoms with Gasteiger partial charge in [-0.25, -0.2) is 0 Å². The molecule has 0 N–H and O–H groups in total. The first-order valence-electron chi connectivity index (χ1n) is 6.63. The molecule has 1 aromatic carbocycles. The van der Waals surface area contributed by atoms with E-state index < -0.39 is 0 Å². The van der Waals surface area contributed by atoms with Crippen molar-refractivity contribution in [1.29, 1.82) is 0 Å². The van der Waals surface area contributed by atoms with E-state index in [1.807, 2.05) is 0 Å². The van der Waals surface area contributed by atoms with Gasteiger partial charge in [0.2, 0.25) is 0 Å². The zero-order valence-electron chi connectivity index (χ0n) is 10.8. The number of benzene rings is 1. The maximum Gasteiger partial charge on any atom is 0.0233 e. The lowest BCUT2D eigenvalue weighted by molar-refractivity contribution is 0.307. The first kappa shape index (κ1) is 11.5. The Hall–Kier alpha value is -1.60. The van der Waals surface area contributed by atoms with E-state index in [0.29, 0.717) is 5.92 Å². The minimum atomic E-state index is 0.550. The Labute approximate surface area is 109 Å². The van der Waals surface area contributed by atoms with Gasteiger partial charge in [0.05, 0.1) is 0 Å². The van der Waals surface area contributed by atoms with E-state index in [1.54, 1.807) is 0 Å². The SMILES string of the molecule is CN1Cc2ccccc2C/C=C2/C=CC=CC2C1. The van der Waals surface area contributed by atoms with Gasteiger partial charge in [0, 0.05) is 19.0 Å². The molecule has 18 heavy (non-hydrogen) atoms. The number of nitrogens with zero attached hydrogens (tertiary/aromatic N) is 1. The van der Waals surface area contributed by atoms with Crippen molar-refractivity contribution < 1.29 is 0 Å². The van der Waals surface area contributed by atoms with E-state index >= 15 is 0 Å². The van der Waals surface area contributed by atoms with Gasteiger partial charge in [-0.05, 0) is 30.2 Å². The van der Waals surface area contributed by atoms with Crippen molar-refractivity contribution in [2.24, 2.45) is 5.92 Å². The smallest absolute Gasteiger partial charge is 0.0233 e. The summed E-state index contributed by atoms with van der Waals surface area (Å²) in [7, 11) is 2.21. The molecule has 3 rings (SSSR count). The Bertz CT molecular complexity index is 522. The topological polar surface area (TPSA) is 3.24 Å². The molecule has 1 aliphatic heterocycles. The van der Waals surface area contributed by atoms with E-state index in [4.69, 9.17) is 0 Å². The average molecular weight is 237 g/mol. The van der Waals surface area contributed by atoms with E-state index in [2.05, 4.69) is 66.6 Å². The third-order valence-electron chi connectivity index (χ3n) is 3.80. The van der Waals surface area contributed by atoms with Gasteiger partial charge in [0.1, 0.15) is 0 Å². The number of fused-ring (bicyclic) bond motifs is 2. The van der Waals surface area contributed by atoms with Crippen molar-refractivity contribution in [2.75, 3.05) is 13.6 Å². The largest absolute Gasteiger partial charge is 0.301 e. The molecule has 0 spiro atoms. The van der Waals surface area contributed by atoms with Crippen LogP contribution in [0.5, 0.6) is 0 Å². The third-order valence-corrected chi connectivity index (χ3v) is 3.80. The van der Waals surface area contributed by atoms with Gasteiger partial charge >= 0.3 is 0 Å². The first-order chi connectivity index (χ1) is 8.83. The Kier molecular flexibility index (Phi) is 3.16. The Morgan fingerprint density at radius 3 is 2.83 bits per heavy atom. The second-order valence-corrected chi connectivity index (χ2v) is 5.22. The summed E-state index contributed by atoms with van der Waals surface area (Å²) < 4.78 is 0. The van der Waals surface area contributed by atoms with Crippen LogP contribution in [0.25, 0.3) is 0 Å². The summed E-state index contributed by atoms with van der Waals surface area (Å²) in [6.45, 7) is 2.15. The summed E-state index contributed by atoms with van der Waals surface area (Å²) in [4.78, 5) is 2.42. The Morgan fingerprint density at radius 1 is 1.11 bits per heavy atom. The zero-order chi connectivity index (χ0) is 12.4. The summed E-state index contributed by atoms with van der Waals surface area (Å²) in [5, 5.41) is 0. The van der Waals surface area contributed by atoms with Crippen molar-refractivity contribution in [3.8, 4) is 0 Å². The zero-order valence-corrected chi connectivity index (χ0v) is 10.8. The molecule has 0 amide bonds. The number of allylic oxidation sites excluding steroid dienone is 4. The van der Waals surface area contributed by atoms with Crippen LogP contribution in [0.2, 0.25) is 0 Å². The van der Waals surface area contributed by atoms with E-state index in [-0.39, 0.29) is 0 Å². The fourth-order valence-electron chi connectivity index (χ4n) is 2.82. The molecule has 0 aromatic heterocycles. The van der Waals surface area contributed by atoms with Gasteiger partial charge < -0.3 is 4.90 Å². The van der Waals surface area contributed by atoms with Gasteiger partial charge in [-0.3, -0.25) is 0 Å². The van der Waals surface area contributed by atoms with Gasteiger partial charge in [0.15, 0.2) is 0 Å². The fourth-order valence-corrected chi connectivity index (χ4v) is 2.82. The first-order valence-corrected chi connectivity index (χ1v) is 6.63. The van der Waals surface area contributed by atoms with Gasteiger partial charge in [0.25, 0.3) is 0 Å². The lowest BCUT2D eigenvalue weighted by Gasteiger charge is -2.23. The molecule has 0 saturated carbocycles. The molecule has 1 heterocycles. The molecule has 0 fully saturated rings. The molecule has 1 aliphatic carbocycles. The molecular formula is C17H19N. The second kappa shape index (κ2) is 4.95. The minimum Gasteiger partial charge on any atom is -0.301 e. The van der Waals surface area contributed by atoms with E-state index in [9.17, 15) is 0 Å². The van der Waals surface area contributed by atoms with Gasteiger partial charge in [-0.2, -0.15) is 0 Å². The molecule has 1 atom stereocenters. The molecule has 1 nitrogen and oxygen atoms in total. The Balaban J connectivity index is 1.97. The normalized spacial score (nSPS) is 26.3. The van der Waals surface area contributed by atoms with Crippen LogP contribution >= 0.6 is 0 Å². The van der Waals surface area contributed by atoms with Crippen LogP contribution in [0.3, 0.4) is 0 Å². The molecule has 1 unspecified atom stereocenters. The number of rotatable bonds is 0. The average Bonchev–Trinajstić information content (AvgIpc) is 2.45. The minimum absolute atomic E-state index is 0.550. The number of hydrogen-bond donors (Lipinski definition) is 0. The van der Waals surface area contributed by atoms with Crippen LogP contribution in [0, 0.1) is 5.92 Å². The maximum atomic E-state index is 2.42. The molecule has 1 aromatic rings. The van der Waals surface area contributed by atoms with Crippen LogP contribution in [0.1, 0.15) is 11.1 Å². The van der Waals surface area contributed by atoms with Crippen LogP contribution in [-0.4, -0.2) is 18.5 Å².